The van der Waals surface area contributed by atoms with Gasteiger partial charge in [-0.25, -0.2) is 0 Å². The van der Waals surface area contributed by atoms with Crippen molar-refractivity contribution in [1.29, 1.82) is 0 Å². The van der Waals surface area contributed by atoms with Crippen LogP contribution in [0.3, 0.4) is 0 Å². The number of fused-ring (bicyclic) bond motifs is 3. The Morgan fingerprint density at radius 2 is 1.82 bits per heavy atom. The first-order valence-electron chi connectivity index (χ1n) is 11.6. The summed E-state index contributed by atoms with van der Waals surface area (Å²) in [7, 11) is 0. The summed E-state index contributed by atoms with van der Waals surface area (Å²) >= 11 is 1.75. The number of hydrogen-bond donors (Lipinski definition) is 0. The van der Waals surface area contributed by atoms with Gasteiger partial charge in [-0.2, -0.15) is 0 Å². The van der Waals surface area contributed by atoms with E-state index in [1.807, 2.05) is 52.0 Å². The van der Waals surface area contributed by atoms with Gasteiger partial charge >= 0.3 is 5.97 Å². The molecular weight excluding hydrogens is 448 g/mol. The molecule has 0 fully saturated rings. The van der Waals surface area contributed by atoms with Crippen LogP contribution in [0.2, 0.25) is 0 Å². The average Bonchev–Trinajstić information content (AvgIpc) is 3.24. The second kappa shape index (κ2) is 9.33. The molecule has 1 aliphatic rings. The lowest BCUT2D eigenvalue weighted by Gasteiger charge is -2.19. The highest BCUT2D eigenvalue weighted by Crippen LogP contribution is 2.38. The number of ether oxygens (including phenoxy) is 2. The number of rotatable bonds is 6. The molecule has 1 aliphatic heterocycles. The zero-order chi connectivity index (χ0) is 24.6. The van der Waals surface area contributed by atoms with Crippen molar-refractivity contribution in [2.45, 2.75) is 73.0 Å². The van der Waals surface area contributed by atoms with Gasteiger partial charge in [-0.05, 0) is 84.7 Å². The first-order chi connectivity index (χ1) is 16.0. The molecule has 180 valence electrons. The third-order valence-electron chi connectivity index (χ3n) is 5.69. The molecule has 2 aromatic heterocycles. The van der Waals surface area contributed by atoms with Crippen LogP contribution in [0.15, 0.2) is 29.3 Å². The van der Waals surface area contributed by atoms with Crippen LogP contribution in [0, 0.1) is 20.8 Å². The molecule has 0 amide bonds. The Kier molecular flexibility index (Phi) is 6.62. The van der Waals surface area contributed by atoms with Crippen LogP contribution in [0.5, 0.6) is 5.75 Å². The number of carbonyl (C=O) groups excluding carboxylic acids is 1. The Hall–Kier alpha value is -3.00. The Balaban J connectivity index is 1.51. The Morgan fingerprint density at radius 3 is 2.50 bits per heavy atom. The third-order valence-corrected chi connectivity index (χ3v) is 6.89. The molecule has 1 atom stereocenters. The Labute approximate surface area is 204 Å². The number of benzene rings is 1. The molecule has 1 aromatic carbocycles. The van der Waals surface area contributed by atoms with Gasteiger partial charge in [0.25, 0.3) is 0 Å². The van der Waals surface area contributed by atoms with Crippen molar-refractivity contribution in [2.24, 2.45) is 4.99 Å². The lowest BCUT2D eigenvalue weighted by atomic mass is 9.99. The van der Waals surface area contributed by atoms with Gasteiger partial charge in [-0.1, -0.05) is 0 Å². The van der Waals surface area contributed by atoms with E-state index in [0.717, 1.165) is 39.2 Å². The van der Waals surface area contributed by atoms with Gasteiger partial charge in [0.2, 0.25) is 0 Å². The average molecular weight is 481 g/mol. The summed E-state index contributed by atoms with van der Waals surface area (Å²) in [6, 6.07) is 7.90. The van der Waals surface area contributed by atoms with Gasteiger partial charge in [-0.15, -0.1) is 21.5 Å². The molecule has 0 saturated heterocycles. The zero-order valence-electron chi connectivity index (χ0n) is 20.9. The zero-order valence-corrected chi connectivity index (χ0v) is 21.7. The summed E-state index contributed by atoms with van der Waals surface area (Å²) in [6.07, 6.45) is 0.948. The van der Waals surface area contributed by atoms with Crippen LogP contribution < -0.4 is 4.74 Å². The smallest absolute Gasteiger partial charge is 0.306 e. The minimum absolute atomic E-state index is 0.112. The number of aromatic nitrogens is 3. The summed E-state index contributed by atoms with van der Waals surface area (Å²) in [5.41, 5.74) is 3.91. The summed E-state index contributed by atoms with van der Waals surface area (Å²) in [6.45, 7) is 14.4. The number of nitrogens with zero attached hydrogens (tertiary/aromatic N) is 4. The molecule has 3 heterocycles. The lowest BCUT2D eigenvalue weighted by molar-refractivity contribution is -0.155. The fraction of sp³-hybridized carbons (Fsp3) is 0.462. The van der Waals surface area contributed by atoms with Crippen molar-refractivity contribution in [2.75, 3.05) is 6.61 Å². The van der Waals surface area contributed by atoms with E-state index in [1.54, 1.807) is 11.3 Å². The van der Waals surface area contributed by atoms with E-state index >= 15 is 0 Å². The molecule has 7 nitrogen and oxygen atoms in total. The van der Waals surface area contributed by atoms with Crippen molar-refractivity contribution < 1.29 is 14.3 Å². The topological polar surface area (TPSA) is 78.6 Å². The number of carbonyl (C=O) groups is 1. The molecule has 0 N–H and O–H groups in total. The van der Waals surface area contributed by atoms with Gasteiger partial charge in [0.15, 0.2) is 5.82 Å². The van der Waals surface area contributed by atoms with Crippen LogP contribution in [0.1, 0.15) is 79.8 Å². The molecule has 0 unspecified atom stereocenters. The summed E-state index contributed by atoms with van der Waals surface area (Å²) in [4.78, 5) is 18.2. The molecule has 4 rings (SSSR count). The summed E-state index contributed by atoms with van der Waals surface area (Å²) in [5, 5.41) is 9.84. The normalized spacial score (nSPS) is 15.3. The van der Waals surface area contributed by atoms with Gasteiger partial charge in [0, 0.05) is 22.4 Å². The molecule has 0 radical (unpaired) electrons. The van der Waals surface area contributed by atoms with E-state index < -0.39 is 5.60 Å². The van der Waals surface area contributed by atoms with Crippen LogP contribution in [-0.4, -0.2) is 38.7 Å². The second-order valence-electron chi connectivity index (χ2n) is 9.62. The number of hydrogen-bond acceptors (Lipinski definition) is 7. The highest BCUT2D eigenvalue weighted by atomic mass is 32.1. The maximum absolute atomic E-state index is 11.9. The van der Waals surface area contributed by atoms with Crippen molar-refractivity contribution in [3.8, 4) is 10.8 Å². The van der Waals surface area contributed by atoms with E-state index in [2.05, 4.69) is 35.5 Å². The highest BCUT2D eigenvalue weighted by molar-refractivity contribution is 7.15. The van der Waals surface area contributed by atoms with Crippen molar-refractivity contribution in [1.82, 2.24) is 14.8 Å². The SMILES string of the molecule is Cc1sc2c(c1C)C(c1ccc(OCCCC(=O)OC(C)(C)C)cc1)=N[C@@H](C)c1nnc(C)n1-2. The predicted octanol–water partition coefficient (Wildman–Crippen LogP) is 5.67. The predicted molar refractivity (Wildman–Crippen MR) is 135 cm³/mol. The van der Waals surface area contributed by atoms with Crippen molar-refractivity contribution in [3.63, 3.8) is 0 Å². The van der Waals surface area contributed by atoms with Crippen LogP contribution in [0.25, 0.3) is 5.00 Å². The number of aryl methyl sites for hydroxylation is 2. The lowest BCUT2D eigenvalue weighted by Crippen LogP contribution is -2.23. The van der Waals surface area contributed by atoms with E-state index in [-0.39, 0.29) is 12.0 Å². The molecule has 0 bridgehead atoms. The fourth-order valence-electron chi connectivity index (χ4n) is 3.99. The van der Waals surface area contributed by atoms with Gasteiger partial charge in [0.05, 0.1) is 12.3 Å². The summed E-state index contributed by atoms with van der Waals surface area (Å²) < 4.78 is 13.3. The van der Waals surface area contributed by atoms with Gasteiger partial charge < -0.3 is 9.47 Å². The maximum atomic E-state index is 11.9. The largest absolute Gasteiger partial charge is 0.494 e. The molecule has 0 saturated carbocycles. The number of aliphatic imine (C=N–C) groups is 1. The number of esters is 1. The minimum Gasteiger partial charge on any atom is -0.494 e. The molecule has 0 spiro atoms. The van der Waals surface area contributed by atoms with Gasteiger partial charge in [-0.3, -0.25) is 14.4 Å². The minimum atomic E-state index is -0.459. The van der Waals surface area contributed by atoms with Crippen molar-refractivity contribution in [3.05, 3.63) is 57.5 Å². The Bertz CT molecular complexity index is 1230. The maximum Gasteiger partial charge on any atom is 0.306 e. The molecule has 3 aromatic rings. The Morgan fingerprint density at radius 1 is 1.12 bits per heavy atom. The fourth-order valence-corrected chi connectivity index (χ4v) is 5.20. The van der Waals surface area contributed by atoms with E-state index in [9.17, 15) is 4.79 Å². The monoisotopic (exact) mass is 480 g/mol. The van der Waals surface area contributed by atoms with Gasteiger partial charge in [0.1, 0.15) is 28.2 Å². The van der Waals surface area contributed by atoms with E-state index in [0.29, 0.717) is 19.4 Å². The first-order valence-corrected chi connectivity index (χ1v) is 12.4. The molecule has 8 heteroatoms. The first kappa shape index (κ1) is 24.1. The van der Waals surface area contributed by atoms with Crippen LogP contribution in [-0.2, 0) is 9.53 Å². The molecular formula is C26H32N4O3S. The molecule has 34 heavy (non-hydrogen) atoms. The van der Waals surface area contributed by atoms with Crippen LogP contribution in [0.4, 0.5) is 0 Å². The third kappa shape index (κ3) is 4.92. The highest BCUT2D eigenvalue weighted by Gasteiger charge is 2.29. The molecule has 0 aliphatic carbocycles. The van der Waals surface area contributed by atoms with E-state index in [1.165, 1.54) is 10.4 Å². The van der Waals surface area contributed by atoms with Crippen molar-refractivity contribution >= 4 is 23.0 Å². The quantitative estimate of drug-likeness (QED) is 0.336. The number of thiophene rings is 1. The standard InChI is InChI=1S/C26H32N4O3S/c1-15-17(3)34-25-22(15)23(27-16(2)24-29-28-18(4)30(24)25)19-10-12-20(13-11-19)32-14-8-9-21(31)33-26(5,6)7/h10-13,16H,8-9,14H2,1-7H3/t16-/m0/s1. The van der Waals surface area contributed by atoms with E-state index in [4.69, 9.17) is 14.5 Å². The second-order valence-corrected chi connectivity index (χ2v) is 10.8. The summed E-state index contributed by atoms with van der Waals surface area (Å²) in [5.74, 6) is 2.30. The van der Waals surface area contributed by atoms with Crippen LogP contribution >= 0.6 is 11.3 Å².